The van der Waals surface area contributed by atoms with Crippen LogP contribution in [0.2, 0.25) is 0 Å². The van der Waals surface area contributed by atoms with Crippen LogP contribution in [0.1, 0.15) is 57.2 Å². The standard InChI is InChI=1S/C20H24O4/c1-19(2)10-11-20(3,4)16-12-13(8-9-15(16)19)14(18(23)24)6-5-7-17(21)22/h5-9,12H,10-11H2,1-4H3,(H,21,22)(H,23,24). The number of benzene rings is 1. The highest BCUT2D eigenvalue weighted by atomic mass is 16.4. The normalized spacial score (nSPS) is 19.1. The molecule has 1 aliphatic rings. The van der Waals surface area contributed by atoms with Crippen molar-refractivity contribution in [2.24, 2.45) is 0 Å². The molecule has 0 saturated heterocycles. The van der Waals surface area contributed by atoms with E-state index in [0.29, 0.717) is 5.56 Å². The van der Waals surface area contributed by atoms with Gasteiger partial charge in [0, 0.05) is 6.08 Å². The minimum Gasteiger partial charge on any atom is -0.478 e. The Morgan fingerprint density at radius 3 is 2.12 bits per heavy atom. The molecule has 24 heavy (non-hydrogen) atoms. The molecule has 1 aromatic rings. The van der Waals surface area contributed by atoms with Gasteiger partial charge in [-0.05, 0) is 46.4 Å². The average Bonchev–Trinajstić information content (AvgIpc) is 2.47. The number of hydrogen-bond donors (Lipinski definition) is 2. The molecule has 0 heterocycles. The molecule has 0 amide bonds. The van der Waals surface area contributed by atoms with E-state index in [1.165, 1.54) is 23.3 Å². The van der Waals surface area contributed by atoms with Crippen molar-refractivity contribution >= 4 is 17.5 Å². The quantitative estimate of drug-likeness (QED) is 0.643. The predicted octanol–water partition coefficient (Wildman–Crippen LogP) is 4.14. The van der Waals surface area contributed by atoms with Gasteiger partial charge in [-0.2, -0.15) is 0 Å². The second-order valence-corrected chi connectivity index (χ2v) is 7.61. The number of allylic oxidation sites excluding steroid dienone is 2. The van der Waals surface area contributed by atoms with Crippen LogP contribution in [0.25, 0.3) is 5.57 Å². The zero-order valence-corrected chi connectivity index (χ0v) is 14.6. The Balaban J connectivity index is 2.56. The molecule has 2 rings (SSSR count). The van der Waals surface area contributed by atoms with Crippen LogP contribution in [0.4, 0.5) is 0 Å². The summed E-state index contributed by atoms with van der Waals surface area (Å²) in [5, 5.41) is 18.1. The van der Waals surface area contributed by atoms with Crippen molar-refractivity contribution in [2.45, 2.75) is 51.4 Å². The van der Waals surface area contributed by atoms with Gasteiger partial charge >= 0.3 is 11.9 Å². The van der Waals surface area contributed by atoms with E-state index in [1.54, 1.807) is 0 Å². The van der Waals surface area contributed by atoms with Crippen molar-refractivity contribution in [1.29, 1.82) is 0 Å². The number of aliphatic carboxylic acids is 2. The van der Waals surface area contributed by atoms with Gasteiger partial charge in [0.05, 0.1) is 5.57 Å². The molecule has 4 nitrogen and oxygen atoms in total. The summed E-state index contributed by atoms with van der Waals surface area (Å²) in [5.41, 5.74) is 3.18. The monoisotopic (exact) mass is 328 g/mol. The summed E-state index contributed by atoms with van der Waals surface area (Å²) in [5.74, 6) is -2.18. The number of rotatable bonds is 4. The summed E-state index contributed by atoms with van der Waals surface area (Å²) in [7, 11) is 0. The molecule has 0 saturated carbocycles. The van der Waals surface area contributed by atoms with Crippen LogP contribution in [0, 0.1) is 0 Å². The van der Waals surface area contributed by atoms with Crippen molar-refractivity contribution in [1.82, 2.24) is 0 Å². The van der Waals surface area contributed by atoms with Crippen molar-refractivity contribution in [2.75, 3.05) is 0 Å². The van der Waals surface area contributed by atoms with Crippen molar-refractivity contribution < 1.29 is 19.8 Å². The number of carboxylic acids is 2. The highest BCUT2D eigenvalue weighted by Crippen LogP contribution is 2.46. The summed E-state index contributed by atoms with van der Waals surface area (Å²) in [4.78, 5) is 22.2. The van der Waals surface area contributed by atoms with Gasteiger partial charge in [-0.25, -0.2) is 9.59 Å². The van der Waals surface area contributed by atoms with E-state index in [9.17, 15) is 14.7 Å². The lowest BCUT2D eigenvalue weighted by Gasteiger charge is -2.42. The van der Waals surface area contributed by atoms with Crippen molar-refractivity contribution in [3.05, 3.63) is 53.1 Å². The largest absolute Gasteiger partial charge is 0.478 e. The van der Waals surface area contributed by atoms with Gasteiger partial charge in [0.1, 0.15) is 0 Å². The van der Waals surface area contributed by atoms with Gasteiger partial charge in [0.2, 0.25) is 0 Å². The van der Waals surface area contributed by atoms with Crippen molar-refractivity contribution in [3.8, 4) is 0 Å². The molecule has 0 bridgehead atoms. The minimum absolute atomic E-state index is 0.0125. The topological polar surface area (TPSA) is 74.6 Å². The van der Waals surface area contributed by atoms with Crippen molar-refractivity contribution in [3.63, 3.8) is 0 Å². The second kappa shape index (κ2) is 6.27. The average molecular weight is 328 g/mol. The molecule has 0 radical (unpaired) electrons. The third-order valence-electron chi connectivity index (χ3n) is 4.90. The third kappa shape index (κ3) is 3.58. The van der Waals surface area contributed by atoms with E-state index < -0.39 is 11.9 Å². The van der Waals surface area contributed by atoms with Crippen LogP contribution in [0.15, 0.2) is 36.4 Å². The number of carboxylic acid groups (broad SMARTS) is 2. The van der Waals surface area contributed by atoms with Gasteiger partial charge in [0.15, 0.2) is 0 Å². The molecule has 0 unspecified atom stereocenters. The third-order valence-corrected chi connectivity index (χ3v) is 4.90. The molecule has 1 aromatic carbocycles. The van der Waals surface area contributed by atoms with E-state index >= 15 is 0 Å². The Labute approximate surface area is 142 Å². The summed E-state index contributed by atoms with van der Waals surface area (Å²) in [6.45, 7) is 8.78. The van der Waals surface area contributed by atoms with E-state index in [4.69, 9.17) is 5.11 Å². The molecule has 1 aliphatic carbocycles. The first-order chi connectivity index (χ1) is 11.0. The predicted molar refractivity (Wildman–Crippen MR) is 94.1 cm³/mol. The molecular formula is C20H24O4. The highest BCUT2D eigenvalue weighted by Gasteiger charge is 2.37. The molecule has 0 atom stereocenters. The Morgan fingerprint density at radius 2 is 1.58 bits per heavy atom. The first kappa shape index (κ1) is 18.0. The zero-order chi connectivity index (χ0) is 18.1. The lowest BCUT2D eigenvalue weighted by Crippen LogP contribution is -2.33. The molecule has 4 heteroatoms. The molecule has 0 fully saturated rings. The lowest BCUT2D eigenvalue weighted by atomic mass is 9.63. The first-order valence-corrected chi connectivity index (χ1v) is 8.04. The van der Waals surface area contributed by atoms with Crippen LogP contribution < -0.4 is 0 Å². The summed E-state index contributed by atoms with van der Waals surface area (Å²) in [6, 6.07) is 5.78. The van der Waals surface area contributed by atoms with Gasteiger partial charge < -0.3 is 10.2 Å². The Bertz CT molecular complexity index is 736. The Hall–Kier alpha value is -2.36. The maximum Gasteiger partial charge on any atom is 0.336 e. The van der Waals surface area contributed by atoms with E-state index in [2.05, 4.69) is 27.7 Å². The highest BCUT2D eigenvalue weighted by molar-refractivity contribution is 6.15. The summed E-state index contributed by atoms with van der Waals surface area (Å²) < 4.78 is 0. The maximum atomic E-state index is 11.6. The molecule has 0 aliphatic heterocycles. The van der Waals surface area contributed by atoms with Crippen LogP contribution >= 0.6 is 0 Å². The van der Waals surface area contributed by atoms with Gasteiger partial charge in [-0.3, -0.25) is 0 Å². The van der Waals surface area contributed by atoms with Gasteiger partial charge in [-0.15, -0.1) is 0 Å². The molecule has 0 spiro atoms. The fourth-order valence-corrected chi connectivity index (χ4v) is 3.27. The molecule has 128 valence electrons. The molecular weight excluding hydrogens is 304 g/mol. The number of carbonyl (C=O) groups is 2. The van der Waals surface area contributed by atoms with E-state index in [-0.39, 0.29) is 16.4 Å². The molecule has 0 aromatic heterocycles. The van der Waals surface area contributed by atoms with E-state index in [0.717, 1.165) is 18.9 Å². The fraction of sp³-hybridized carbons (Fsp3) is 0.400. The van der Waals surface area contributed by atoms with Crippen LogP contribution in [0.5, 0.6) is 0 Å². The van der Waals surface area contributed by atoms with E-state index in [1.807, 2.05) is 18.2 Å². The Morgan fingerprint density at radius 1 is 1.00 bits per heavy atom. The maximum absolute atomic E-state index is 11.6. The smallest absolute Gasteiger partial charge is 0.336 e. The summed E-state index contributed by atoms with van der Waals surface area (Å²) in [6.07, 6.45) is 5.64. The van der Waals surface area contributed by atoms with Gasteiger partial charge in [0.25, 0.3) is 0 Å². The first-order valence-electron chi connectivity index (χ1n) is 8.04. The van der Waals surface area contributed by atoms with Crippen LogP contribution in [-0.4, -0.2) is 22.2 Å². The van der Waals surface area contributed by atoms with Crippen LogP contribution in [-0.2, 0) is 20.4 Å². The second-order valence-electron chi connectivity index (χ2n) is 7.61. The number of hydrogen-bond acceptors (Lipinski definition) is 2. The molecule has 2 N–H and O–H groups in total. The number of fused-ring (bicyclic) bond motifs is 1. The zero-order valence-electron chi connectivity index (χ0n) is 14.6. The lowest BCUT2D eigenvalue weighted by molar-refractivity contribution is -0.132. The Kier molecular flexibility index (Phi) is 4.70. The van der Waals surface area contributed by atoms with Gasteiger partial charge in [-0.1, -0.05) is 52.0 Å². The SMILES string of the molecule is CC1(C)CCC(C)(C)c2cc(C(=CC=CC(=O)O)C(=O)O)ccc21. The minimum atomic E-state index is -1.11. The van der Waals surface area contributed by atoms with Crippen LogP contribution in [0.3, 0.4) is 0 Å². The fourth-order valence-electron chi connectivity index (χ4n) is 3.27. The summed E-state index contributed by atoms with van der Waals surface area (Å²) >= 11 is 0.